The largest absolute Gasteiger partial charge is 0.496 e. The van der Waals surface area contributed by atoms with E-state index < -0.39 is 0 Å². The number of ether oxygens (including phenoxy) is 1. The van der Waals surface area contributed by atoms with Gasteiger partial charge in [-0.05, 0) is 30.3 Å². The zero-order valence-electron chi connectivity index (χ0n) is 8.66. The molecule has 16 heavy (non-hydrogen) atoms. The first kappa shape index (κ1) is 10.8. The Bertz CT molecular complexity index is 506. The zero-order chi connectivity index (χ0) is 11.5. The van der Waals surface area contributed by atoms with Gasteiger partial charge in [0.25, 0.3) is 0 Å². The lowest BCUT2D eigenvalue weighted by Gasteiger charge is -2.06. The van der Waals surface area contributed by atoms with Gasteiger partial charge in [-0.25, -0.2) is 0 Å². The van der Waals surface area contributed by atoms with Gasteiger partial charge in [-0.3, -0.25) is 4.79 Å². The molecule has 82 valence electrons. The summed E-state index contributed by atoms with van der Waals surface area (Å²) in [5.74, 6) is 0.366. The number of hydrogen-bond donors (Lipinski definition) is 1. The van der Waals surface area contributed by atoms with E-state index in [0.717, 1.165) is 0 Å². The standard InChI is InChI=1S/C12H10ClNO2/c1-16-11-7-8(13)4-5-9(11)12(15)10-3-2-6-14-10/h2-7,14H,1H3. The van der Waals surface area contributed by atoms with E-state index in [-0.39, 0.29) is 5.78 Å². The SMILES string of the molecule is COc1cc(Cl)ccc1C(=O)c1ccc[nH]1. The molecule has 0 amide bonds. The number of benzene rings is 1. The summed E-state index contributed by atoms with van der Waals surface area (Å²) in [6.07, 6.45) is 1.70. The minimum absolute atomic E-state index is 0.112. The van der Waals surface area contributed by atoms with Crippen LogP contribution in [0.3, 0.4) is 0 Å². The first-order valence-electron chi connectivity index (χ1n) is 4.74. The molecule has 0 atom stereocenters. The predicted molar refractivity (Wildman–Crippen MR) is 62.2 cm³/mol. The maximum absolute atomic E-state index is 12.0. The highest BCUT2D eigenvalue weighted by molar-refractivity contribution is 6.31. The second-order valence-electron chi connectivity index (χ2n) is 3.26. The molecule has 0 aliphatic heterocycles. The first-order chi connectivity index (χ1) is 7.72. The van der Waals surface area contributed by atoms with Gasteiger partial charge in [0.2, 0.25) is 5.78 Å². The molecule has 1 aromatic heterocycles. The van der Waals surface area contributed by atoms with Crippen LogP contribution in [0.5, 0.6) is 5.75 Å². The highest BCUT2D eigenvalue weighted by Gasteiger charge is 2.15. The van der Waals surface area contributed by atoms with Crippen molar-refractivity contribution >= 4 is 17.4 Å². The molecule has 0 unspecified atom stereocenters. The smallest absolute Gasteiger partial charge is 0.212 e. The number of nitrogens with one attached hydrogen (secondary N) is 1. The summed E-state index contributed by atoms with van der Waals surface area (Å²) in [4.78, 5) is 14.9. The van der Waals surface area contributed by atoms with Crippen molar-refractivity contribution in [1.29, 1.82) is 0 Å². The van der Waals surface area contributed by atoms with Gasteiger partial charge in [0.15, 0.2) is 0 Å². The molecular weight excluding hydrogens is 226 g/mol. The second-order valence-corrected chi connectivity index (χ2v) is 3.69. The molecule has 0 saturated heterocycles. The van der Waals surface area contributed by atoms with E-state index >= 15 is 0 Å². The highest BCUT2D eigenvalue weighted by Crippen LogP contribution is 2.24. The fraction of sp³-hybridized carbons (Fsp3) is 0.0833. The third-order valence-corrected chi connectivity index (χ3v) is 2.49. The summed E-state index contributed by atoms with van der Waals surface area (Å²) in [7, 11) is 1.51. The van der Waals surface area contributed by atoms with Gasteiger partial charge in [0.1, 0.15) is 5.75 Å². The Hall–Kier alpha value is -1.74. The van der Waals surface area contributed by atoms with Crippen molar-refractivity contribution in [3.63, 3.8) is 0 Å². The van der Waals surface area contributed by atoms with Crippen LogP contribution in [-0.4, -0.2) is 17.9 Å². The van der Waals surface area contributed by atoms with Crippen molar-refractivity contribution in [1.82, 2.24) is 4.98 Å². The number of aromatic nitrogens is 1. The molecular formula is C12H10ClNO2. The monoisotopic (exact) mass is 235 g/mol. The van der Waals surface area contributed by atoms with Crippen molar-refractivity contribution in [3.8, 4) is 5.75 Å². The van der Waals surface area contributed by atoms with Crippen LogP contribution in [0.2, 0.25) is 5.02 Å². The summed E-state index contributed by atoms with van der Waals surface area (Å²) >= 11 is 5.83. The molecule has 3 nitrogen and oxygen atoms in total. The molecule has 0 radical (unpaired) electrons. The molecule has 0 bridgehead atoms. The lowest BCUT2D eigenvalue weighted by atomic mass is 10.1. The number of carbonyl (C=O) groups is 1. The van der Waals surface area contributed by atoms with Crippen LogP contribution in [0, 0.1) is 0 Å². The summed E-state index contributed by atoms with van der Waals surface area (Å²) in [6.45, 7) is 0. The average molecular weight is 236 g/mol. The number of ketones is 1. The first-order valence-corrected chi connectivity index (χ1v) is 5.12. The molecule has 0 aliphatic carbocycles. The normalized spacial score (nSPS) is 10.1. The quantitative estimate of drug-likeness (QED) is 0.832. The van der Waals surface area contributed by atoms with Gasteiger partial charge in [-0.2, -0.15) is 0 Å². The minimum Gasteiger partial charge on any atom is -0.496 e. The maximum Gasteiger partial charge on any atom is 0.212 e. The molecule has 0 fully saturated rings. The Morgan fingerprint density at radius 1 is 1.38 bits per heavy atom. The number of H-pyrrole nitrogens is 1. The van der Waals surface area contributed by atoms with Gasteiger partial charge in [-0.1, -0.05) is 11.6 Å². The zero-order valence-corrected chi connectivity index (χ0v) is 9.41. The van der Waals surface area contributed by atoms with Gasteiger partial charge in [0.05, 0.1) is 18.4 Å². The van der Waals surface area contributed by atoms with E-state index in [9.17, 15) is 4.79 Å². The molecule has 1 heterocycles. The van der Waals surface area contributed by atoms with Crippen LogP contribution in [-0.2, 0) is 0 Å². The van der Waals surface area contributed by atoms with Crippen molar-refractivity contribution in [3.05, 3.63) is 52.8 Å². The highest BCUT2D eigenvalue weighted by atomic mass is 35.5. The van der Waals surface area contributed by atoms with Crippen LogP contribution in [0.15, 0.2) is 36.5 Å². The van der Waals surface area contributed by atoms with Crippen molar-refractivity contribution in [2.45, 2.75) is 0 Å². The molecule has 2 aromatic rings. The Morgan fingerprint density at radius 3 is 2.81 bits per heavy atom. The van der Waals surface area contributed by atoms with Gasteiger partial charge in [-0.15, -0.1) is 0 Å². The summed E-state index contributed by atoms with van der Waals surface area (Å²) in [5, 5.41) is 0.542. The number of carbonyl (C=O) groups excluding carboxylic acids is 1. The van der Waals surface area contributed by atoms with Crippen LogP contribution in [0.4, 0.5) is 0 Å². The maximum atomic E-state index is 12.0. The van der Waals surface area contributed by atoms with Crippen LogP contribution < -0.4 is 4.74 Å². The number of halogens is 1. The number of methoxy groups -OCH3 is 1. The molecule has 0 aliphatic rings. The molecule has 1 N–H and O–H groups in total. The fourth-order valence-electron chi connectivity index (χ4n) is 1.47. The lowest BCUT2D eigenvalue weighted by molar-refractivity contribution is 0.103. The average Bonchev–Trinajstić information content (AvgIpc) is 2.81. The van der Waals surface area contributed by atoms with E-state index in [0.29, 0.717) is 22.0 Å². The van der Waals surface area contributed by atoms with Crippen LogP contribution >= 0.6 is 11.6 Å². The molecule has 1 aromatic carbocycles. The third kappa shape index (κ3) is 1.95. The molecule has 2 rings (SSSR count). The van der Waals surface area contributed by atoms with Crippen LogP contribution in [0.25, 0.3) is 0 Å². The summed E-state index contributed by atoms with van der Waals surface area (Å²) in [6, 6.07) is 8.44. The number of hydrogen-bond acceptors (Lipinski definition) is 2. The van der Waals surface area contributed by atoms with Crippen molar-refractivity contribution in [2.24, 2.45) is 0 Å². The van der Waals surface area contributed by atoms with E-state index in [4.69, 9.17) is 16.3 Å². The third-order valence-electron chi connectivity index (χ3n) is 2.25. The molecule has 0 saturated carbocycles. The van der Waals surface area contributed by atoms with E-state index in [1.165, 1.54) is 7.11 Å². The van der Waals surface area contributed by atoms with Crippen molar-refractivity contribution < 1.29 is 9.53 Å². The Morgan fingerprint density at radius 2 is 2.19 bits per heavy atom. The fourth-order valence-corrected chi connectivity index (χ4v) is 1.63. The Labute approximate surface area is 98.0 Å². The van der Waals surface area contributed by atoms with E-state index in [1.807, 2.05) is 0 Å². The van der Waals surface area contributed by atoms with Crippen molar-refractivity contribution in [2.75, 3.05) is 7.11 Å². The van der Waals surface area contributed by atoms with Gasteiger partial charge in [0, 0.05) is 11.2 Å². The second kappa shape index (κ2) is 4.41. The Balaban J connectivity index is 2.44. The van der Waals surface area contributed by atoms with Crippen LogP contribution in [0.1, 0.15) is 16.1 Å². The van der Waals surface area contributed by atoms with E-state index in [1.54, 1.807) is 36.5 Å². The minimum atomic E-state index is -0.112. The van der Waals surface area contributed by atoms with E-state index in [2.05, 4.69) is 4.98 Å². The predicted octanol–water partition coefficient (Wildman–Crippen LogP) is 2.91. The molecule has 4 heteroatoms. The lowest BCUT2D eigenvalue weighted by Crippen LogP contribution is -2.04. The topological polar surface area (TPSA) is 42.1 Å². The summed E-state index contributed by atoms with van der Waals surface area (Å²) < 4.78 is 5.13. The molecule has 0 spiro atoms. The van der Waals surface area contributed by atoms with Gasteiger partial charge >= 0.3 is 0 Å². The number of rotatable bonds is 3. The summed E-state index contributed by atoms with van der Waals surface area (Å²) in [5.41, 5.74) is 1.02. The Kier molecular flexibility index (Phi) is 2.97. The number of aromatic amines is 1. The van der Waals surface area contributed by atoms with Gasteiger partial charge < -0.3 is 9.72 Å².